The molecule has 1 unspecified atom stereocenters. The molecule has 0 heterocycles. The maximum atomic E-state index is 14.7. The minimum atomic E-state index is -4.08. The Bertz CT molecular complexity index is 951. The van der Waals surface area contributed by atoms with Crippen LogP contribution < -0.4 is 4.72 Å². The molecule has 0 saturated heterocycles. The second kappa shape index (κ2) is 7.83. The molecule has 1 aliphatic rings. The van der Waals surface area contributed by atoms with E-state index in [4.69, 9.17) is 0 Å². The van der Waals surface area contributed by atoms with Crippen LogP contribution in [0.4, 0.5) is 10.1 Å². The van der Waals surface area contributed by atoms with Gasteiger partial charge in [0.25, 0.3) is 5.69 Å². The second-order valence-electron chi connectivity index (χ2n) is 8.46. The minimum Gasteiger partial charge on any atom is -0.598 e. The summed E-state index contributed by atoms with van der Waals surface area (Å²) in [6.45, 7) is 6.28. The van der Waals surface area contributed by atoms with E-state index in [-0.39, 0.29) is 18.4 Å². The average Bonchev–Trinajstić information content (AvgIpc) is 2.52. The van der Waals surface area contributed by atoms with E-state index in [2.05, 4.69) is 4.72 Å². The fourth-order valence-corrected chi connectivity index (χ4v) is 6.38. The van der Waals surface area contributed by atoms with Crippen LogP contribution in [-0.4, -0.2) is 33.1 Å². The van der Waals surface area contributed by atoms with Crippen molar-refractivity contribution in [2.75, 3.05) is 5.75 Å². The molecule has 0 aromatic heterocycles. The fourth-order valence-electron chi connectivity index (χ4n) is 3.08. The number of nitriles is 1. The van der Waals surface area contributed by atoms with Crippen LogP contribution in [0.2, 0.25) is 0 Å². The molecule has 0 spiro atoms. The van der Waals surface area contributed by atoms with Gasteiger partial charge in [-0.3, -0.25) is 10.1 Å². The zero-order valence-corrected chi connectivity index (χ0v) is 18.3. The van der Waals surface area contributed by atoms with E-state index in [1.165, 1.54) is 6.92 Å². The minimum absolute atomic E-state index is 0.168. The predicted octanol–water partition coefficient (Wildman–Crippen LogP) is 2.86. The highest BCUT2D eigenvalue weighted by Gasteiger charge is 2.53. The summed E-state index contributed by atoms with van der Waals surface area (Å²) < 4.78 is 53.9. The van der Waals surface area contributed by atoms with Crippen LogP contribution in [0.1, 0.15) is 52.5 Å². The number of rotatable bonds is 7. The Labute approximate surface area is 172 Å². The molecule has 29 heavy (non-hydrogen) atoms. The van der Waals surface area contributed by atoms with Crippen molar-refractivity contribution in [2.45, 2.75) is 62.0 Å². The molecule has 0 radical (unpaired) electrons. The van der Waals surface area contributed by atoms with Crippen molar-refractivity contribution >= 4 is 26.9 Å². The average molecular weight is 446 g/mol. The lowest BCUT2D eigenvalue weighted by molar-refractivity contribution is -0.385. The Morgan fingerprint density at radius 2 is 1.93 bits per heavy atom. The molecule has 1 N–H and O–H groups in total. The first-order chi connectivity index (χ1) is 13.2. The zero-order chi connectivity index (χ0) is 22.3. The van der Waals surface area contributed by atoms with Gasteiger partial charge in [-0.2, -0.15) is 5.26 Å². The number of hydrogen-bond donors (Lipinski definition) is 1. The summed E-state index contributed by atoms with van der Waals surface area (Å²) >= 11 is -1.81. The van der Waals surface area contributed by atoms with Gasteiger partial charge in [-0.1, -0.05) is 0 Å². The van der Waals surface area contributed by atoms with Crippen LogP contribution >= 0.6 is 0 Å². The Morgan fingerprint density at radius 1 is 1.34 bits per heavy atom. The van der Waals surface area contributed by atoms with E-state index >= 15 is 0 Å². The molecule has 0 aliphatic heterocycles. The third-order valence-corrected chi connectivity index (χ3v) is 9.46. The lowest BCUT2D eigenvalue weighted by atomic mass is 9.86. The summed E-state index contributed by atoms with van der Waals surface area (Å²) in [5.41, 5.74) is -2.47. The summed E-state index contributed by atoms with van der Waals surface area (Å²) in [7, 11) is -4.08. The predicted molar refractivity (Wildman–Crippen MR) is 107 cm³/mol. The van der Waals surface area contributed by atoms with Crippen LogP contribution in [0.3, 0.4) is 0 Å². The highest BCUT2D eigenvalue weighted by Crippen LogP contribution is 2.42. The molecule has 0 amide bonds. The number of non-ortho nitro benzene ring substituents is 1. The van der Waals surface area contributed by atoms with E-state index in [0.717, 1.165) is 18.2 Å². The van der Waals surface area contributed by atoms with Crippen LogP contribution in [0, 0.1) is 27.3 Å². The summed E-state index contributed by atoms with van der Waals surface area (Å²) in [6.07, 6.45) is 0.916. The number of benzene rings is 1. The molecule has 11 heteroatoms. The standard InChI is InChI=1S/C18H24FN3O5S2/c1-16(2,3)28(25)21-17(4,12-29(26,27)18(11-20)8-5-9-18)14-10-13(22(23)24)6-7-15(14)19/h6-7,10,21H,5,8-9,12H2,1-4H3/t17-,28?/m0/s1. The SMILES string of the molecule is CC(C)(C)[S+]([O-])N[C@@](C)(CS(=O)(=O)C1(C#N)CCC1)c1cc([N+](=O)[O-])ccc1F. The first kappa shape index (κ1) is 23.5. The van der Waals surface area contributed by atoms with Crippen molar-refractivity contribution in [2.24, 2.45) is 0 Å². The Kier molecular flexibility index (Phi) is 6.36. The second-order valence-corrected chi connectivity index (χ2v) is 12.7. The monoisotopic (exact) mass is 445 g/mol. The Morgan fingerprint density at radius 3 is 2.34 bits per heavy atom. The Balaban J connectivity index is 2.60. The Hall–Kier alpha value is -1.74. The molecule has 160 valence electrons. The van der Waals surface area contributed by atoms with Crippen LogP contribution in [-0.2, 0) is 26.7 Å². The van der Waals surface area contributed by atoms with Crippen molar-refractivity contribution in [3.63, 3.8) is 0 Å². The number of nitrogens with zero attached hydrogens (tertiary/aromatic N) is 2. The van der Waals surface area contributed by atoms with Crippen LogP contribution in [0.5, 0.6) is 0 Å². The maximum Gasteiger partial charge on any atom is 0.269 e. The molecule has 1 fully saturated rings. The van der Waals surface area contributed by atoms with Gasteiger partial charge in [0.1, 0.15) is 16.1 Å². The van der Waals surface area contributed by atoms with Crippen molar-refractivity contribution < 1.29 is 22.3 Å². The van der Waals surface area contributed by atoms with Crippen molar-refractivity contribution in [3.05, 3.63) is 39.7 Å². The number of nitro groups is 1. The molecule has 1 aromatic rings. The third kappa shape index (κ3) is 4.55. The van der Waals surface area contributed by atoms with E-state index in [0.29, 0.717) is 6.42 Å². The van der Waals surface area contributed by atoms with Gasteiger partial charge in [0.2, 0.25) is 0 Å². The number of nitro benzene ring substituents is 1. The summed E-state index contributed by atoms with van der Waals surface area (Å²) in [6, 6.07) is 4.65. The summed E-state index contributed by atoms with van der Waals surface area (Å²) in [5, 5.41) is 20.6. The van der Waals surface area contributed by atoms with Crippen molar-refractivity contribution in [3.8, 4) is 6.07 Å². The zero-order valence-electron chi connectivity index (χ0n) is 16.7. The maximum absolute atomic E-state index is 14.7. The molecule has 2 rings (SSSR count). The topological polar surface area (TPSA) is 136 Å². The number of nitrogens with one attached hydrogen (secondary N) is 1. The molecule has 1 saturated carbocycles. The van der Waals surface area contributed by atoms with E-state index in [1.54, 1.807) is 20.8 Å². The van der Waals surface area contributed by atoms with Gasteiger partial charge < -0.3 is 4.55 Å². The molecule has 8 nitrogen and oxygen atoms in total. The lowest BCUT2D eigenvalue weighted by Gasteiger charge is -2.40. The molecular weight excluding hydrogens is 421 g/mol. The summed E-state index contributed by atoms with van der Waals surface area (Å²) in [4.78, 5) is 10.4. The lowest BCUT2D eigenvalue weighted by Crippen LogP contribution is -2.56. The first-order valence-electron chi connectivity index (χ1n) is 8.95. The van der Waals surface area contributed by atoms with Gasteiger partial charge in [-0.15, -0.1) is 4.72 Å². The van der Waals surface area contributed by atoms with Crippen molar-refractivity contribution in [1.29, 1.82) is 5.26 Å². The smallest absolute Gasteiger partial charge is 0.269 e. The van der Waals surface area contributed by atoms with Crippen LogP contribution in [0.25, 0.3) is 0 Å². The molecule has 1 aromatic carbocycles. The normalized spacial score (nSPS) is 19.5. The van der Waals surface area contributed by atoms with Crippen molar-refractivity contribution in [1.82, 2.24) is 4.72 Å². The molecule has 0 bridgehead atoms. The van der Waals surface area contributed by atoms with E-state index in [9.17, 15) is 32.7 Å². The number of hydrogen-bond acceptors (Lipinski definition) is 7. The van der Waals surface area contributed by atoms with E-state index < -0.39 is 58.4 Å². The quantitative estimate of drug-likeness (QED) is 0.387. The highest BCUT2D eigenvalue weighted by atomic mass is 32.2. The largest absolute Gasteiger partial charge is 0.598 e. The van der Waals surface area contributed by atoms with Gasteiger partial charge in [0.05, 0.1) is 16.7 Å². The fraction of sp³-hybridized carbons (Fsp3) is 0.611. The van der Waals surface area contributed by atoms with E-state index in [1.807, 2.05) is 6.07 Å². The van der Waals surface area contributed by atoms with Gasteiger partial charge in [0.15, 0.2) is 14.6 Å². The number of halogens is 1. The molecule has 2 atom stereocenters. The van der Waals surface area contributed by atoms with Gasteiger partial charge >= 0.3 is 0 Å². The van der Waals surface area contributed by atoms with Gasteiger partial charge in [-0.25, -0.2) is 12.8 Å². The highest BCUT2D eigenvalue weighted by molar-refractivity contribution is 7.93. The number of sulfone groups is 1. The third-order valence-electron chi connectivity index (χ3n) is 5.07. The first-order valence-corrected chi connectivity index (χ1v) is 11.8. The van der Waals surface area contributed by atoms with Gasteiger partial charge in [-0.05, 0) is 53.0 Å². The summed E-state index contributed by atoms with van der Waals surface area (Å²) in [5.74, 6) is -1.60. The molecule has 1 aliphatic carbocycles. The van der Waals surface area contributed by atoms with Gasteiger partial charge in [0, 0.05) is 29.1 Å². The molecular formula is C18H24FN3O5S2. The van der Waals surface area contributed by atoms with Crippen LogP contribution in [0.15, 0.2) is 18.2 Å².